The Labute approximate surface area is 146 Å². The molecule has 9 heteroatoms. The molecule has 1 aliphatic heterocycles. The molecule has 0 bridgehead atoms. The van der Waals surface area contributed by atoms with E-state index in [1.54, 1.807) is 20.9 Å². The number of carboxylic acids is 2. The fraction of sp³-hybridized carbons (Fsp3) is 0.294. The lowest BCUT2D eigenvalue weighted by molar-refractivity contribution is -0.274. The molecule has 0 saturated heterocycles. The van der Waals surface area contributed by atoms with Crippen molar-refractivity contribution in [2.75, 3.05) is 7.05 Å². The molecule has 1 aliphatic rings. The van der Waals surface area contributed by atoms with Crippen LogP contribution < -0.4 is 4.74 Å². The molecule has 2 N–H and O–H groups in total. The van der Waals surface area contributed by atoms with E-state index >= 15 is 0 Å². The van der Waals surface area contributed by atoms with Gasteiger partial charge in [-0.15, -0.1) is 13.2 Å². The molecule has 6 nitrogen and oxygen atoms in total. The quantitative estimate of drug-likeness (QED) is 0.844. The zero-order valence-corrected chi connectivity index (χ0v) is 14.1. The van der Waals surface area contributed by atoms with Gasteiger partial charge in [0.15, 0.2) is 0 Å². The van der Waals surface area contributed by atoms with Crippen molar-refractivity contribution < 1.29 is 37.7 Å². The number of nitrogens with zero attached hydrogens (tertiary/aromatic N) is 1. The second kappa shape index (κ2) is 6.74. The Morgan fingerprint density at radius 2 is 1.42 bits per heavy atom. The summed E-state index contributed by atoms with van der Waals surface area (Å²) < 4.78 is 40.6. The van der Waals surface area contributed by atoms with Crippen molar-refractivity contribution in [3.05, 3.63) is 52.4 Å². The van der Waals surface area contributed by atoms with Crippen LogP contribution in [0, 0.1) is 0 Å². The summed E-state index contributed by atoms with van der Waals surface area (Å²) in [6, 6.07) is 4.49. The third-order valence-corrected chi connectivity index (χ3v) is 4.27. The molecule has 0 amide bonds. The Kier molecular flexibility index (Phi) is 5.02. The first-order chi connectivity index (χ1) is 11.9. The number of hydrogen-bond acceptors (Lipinski definition) is 4. The summed E-state index contributed by atoms with van der Waals surface area (Å²) in [5.74, 6) is -4.21. The van der Waals surface area contributed by atoms with E-state index in [1.807, 2.05) is 0 Å². The third-order valence-electron chi connectivity index (χ3n) is 4.27. The summed E-state index contributed by atoms with van der Waals surface area (Å²) in [4.78, 5) is 25.0. The van der Waals surface area contributed by atoms with Gasteiger partial charge in [0.25, 0.3) is 0 Å². The van der Waals surface area contributed by atoms with Gasteiger partial charge in [-0.1, -0.05) is 12.1 Å². The number of carbonyl (C=O) groups is 2. The first-order valence-corrected chi connectivity index (χ1v) is 7.41. The fourth-order valence-corrected chi connectivity index (χ4v) is 2.93. The van der Waals surface area contributed by atoms with Crippen LogP contribution in [-0.2, 0) is 9.59 Å². The molecule has 2 rings (SSSR count). The summed E-state index contributed by atoms with van der Waals surface area (Å²) in [6.45, 7) is 3.08. The van der Waals surface area contributed by atoms with Crippen LogP contribution in [0.3, 0.4) is 0 Å². The molecule has 1 heterocycles. The van der Waals surface area contributed by atoms with Crippen molar-refractivity contribution in [2.45, 2.75) is 26.1 Å². The lowest BCUT2D eigenvalue weighted by Crippen LogP contribution is -2.32. The van der Waals surface area contributed by atoms with Crippen molar-refractivity contribution in [1.29, 1.82) is 0 Å². The van der Waals surface area contributed by atoms with E-state index in [2.05, 4.69) is 4.74 Å². The van der Waals surface area contributed by atoms with E-state index < -0.39 is 30.0 Å². The van der Waals surface area contributed by atoms with Crippen LogP contribution in [0.25, 0.3) is 0 Å². The van der Waals surface area contributed by atoms with Crippen LogP contribution in [0.2, 0.25) is 0 Å². The van der Waals surface area contributed by atoms with Crippen molar-refractivity contribution >= 4 is 11.9 Å². The summed E-state index contributed by atoms with van der Waals surface area (Å²) in [5, 5.41) is 19.2. The maximum atomic E-state index is 12.3. The minimum absolute atomic E-state index is 0.153. The molecule has 0 aliphatic carbocycles. The van der Waals surface area contributed by atoms with Crippen molar-refractivity contribution in [2.24, 2.45) is 0 Å². The third kappa shape index (κ3) is 3.66. The molecule has 0 spiro atoms. The largest absolute Gasteiger partial charge is 0.573 e. The van der Waals surface area contributed by atoms with Crippen molar-refractivity contribution in [3.8, 4) is 5.75 Å². The van der Waals surface area contributed by atoms with E-state index in [0.717, 1.165) is 12.1 Å². The molecule has 140 valence electrons. The maximum Gasteiger partial charge on any atom is 0.573 e. The second-order valence-electron chi connectivity index (χ2n) is 5.72. The maximum absolute atomic E-state index is 12.3. The van der Waals surface area contributed by atoms with Gasteiger partial charge in [0.2, 0.25) is 0 Å². The average Bonchev–Trinajstić information content (AvgIpc) is 2.50. The number of halogens is 3. The zero-order valence-electron chi connectivity index (χ0n) is 14.1. The van der Waals surface area contributed by atoms with Crippen LogP contribution in [0.5, 0.6) is 5.75 Å². The van der Waals surface area contributed by atoms with Gasteiger partial charge in [-0.05, 0) is 31.5 Å². The Balaban J connectivity index is 2.58. The van der Waals surface area contributed by atoms with Gasteiger partial charge in [-0.2, -0.15) is 0 Å². The van der Waals surface area contributed by atoms with Gasteiger partial charge in [0.1, 0.15) is 5.75 Å². The molecule has 0 radical (unpaired) electrons. The topological polar surface area (TPSA) is 87.1 Å². The number of carboxylic acid groups (broad SMARTS) is 2. The van der Waals surface area contributed by atoms with E-state index in [9.17, 15) is 33.0 Å². The molecule has 0 atom stereocenters. The molecular weight excluding hydrogens is 355 g/mol. The average molecular weight is 371 g/mol. The SMILES string of the molecule is CC1=C(C(=O)O)C(c2ccc(OC(F)(F)F)cc2)C(C(=O)O)=C(C)N1C. The van der Waals surface area contributed by atoms with Crippen molar-refractivity contribution in [3.63, 3.8) is 0 Å². The highest BCUT2D eigenvalue weighted by Gasteiger charge is 2.38. The fourth-order valence-electron chi connectivity index (χ4n) is 2.93. The molecular formula is C17H16F3NO5. The Bertz CT molecular complexity index is 771. The predicted octanol–water partition coefficient (Wildman–Crippen LogP) is 3.33. The summed E-state index contributed by atoms with van der Waals surface area (Å²) in [7, 11) is 1.55. The highest BCUT2D eigenvalue weighted by Crippen LogP contribution is 2.41. The van der Waals surface area contributed by atoms with Crippen molar-refractivity contribution in [1.82, 2.24) is 4.90 Å². The Morgan fingerprint density at radius 1 is 1.00 bits per heavy atom. The van der Waals surface area contributed by atoms with Crippen LogP contribution >= 0.6 is 0 Å². The highest BCUT2D eigenvalue weighted by molar-refractivity contribution is 5.98. The molecule has 1 aromatic carbocycles. The van der Waals surface area contributed by atoms with Crippen LogP contribution in [0.15, 0.2) is 46.8 Å². The van der Waals surface area contributed by atoms with Gasteiger partial charge in [0.05, 0.1) is 17.1 Å². The molecule has 1 aromatic rings. The monoisotopic (exact) mass is 371 g/mol. The van der Waals surface area contributed by atoms with Gasteiger partial charge >= 0.3 is 18.3 Å². The Hall–Kier alpha value is -2.97. The Morgan fingerprint density at radius 3 is 1.77 bits per heavy atom. The van der Waals surface area contributed by atoms with Gasteiger partial charge in [-0.25, -0.2) is 9.59 Å². The molecule has 0 aromatic heterocycles. The number of allylic oxidation sites excluding steroid dienone is 2. The number of ether oxygens (including phenoxy) is 1. The lowest BCUT2D eigenvalue weighted by atomic mass is 9.80. The number of benzene rings is 1. The highest BCUT2D eigenvalue weighted by atomic mass is 19.4. The molecule has 0 fully saturated rings. The summed E-state index contributed by atoms with van der Waals surface area (Å²) in [6.07, 6.45) is -4.86. The molecule has 0 unspecified atom stereocenters. The number of aliphatic carboxylic acids is 2. The van der Waals surface area contributed by atoms with Gasteiger partial charge in [0, 0.05) is 18.4 Å². The molecule has 0 saturated carbocycles. The number of alkyl halides is 3. The summed E-state index contributed by atoms with van der Waals surface area (Å²) in [5.41, 5.74) is 0.627. The number of rotatable bonds is 4. The normalized spacial score (nSPS) is 16.2. The van der Waals surface area contributed by atoms with E-state index in [1.165, 1.54) is 17.0 Å². The van der Waals surface area contributed by atoms with E-state index in [4.69, 9.17) is 0 Å². The molecule has 26 heavy (non-hydrogen) atoms. The lowest BCUT2D eigenvalue weighted by Gasteiger charge is -2.34. The predicted molar refractivity (Wildman–Crippen MR) is 84.3 cm³/mol. The van der Waals surface area contributed by atoms with Gasteiger partial charge < -0.3 is 19.8 Å². The van der Waals surface area contributed by atoms with Crippen LogP contribution in [-0.4, -0.2) is 40.5 Å². The van der Waals surface area contributed by atoms with Gasteiger partial charge in [-0.3, -0.25) is 0 Å². The first-order valence-electron chi connectivity index (χ1n) is 7.41. The van der Waals surface area contributed by atoms with E-state index in [0.29, 0.717) is 11.4 Å². The number of hydrogen-bond donors (Lipinski definition) is 2. The second-order valence-corrected chi connectivity index (χ2v) is 5.72. The minimum Gasteiger partial charge on any atom is -0.478 e. The first kappa shape index (κ1) is 19.4. The smallest absolute Gasteiger partial charge is 0.478 e. The summed E-state index contributed by atoms with van der Waals surface area (Å²) >= 11 is 0. The standard InChI is InChI=1S/C17H16F3NO5/c1-8-12(15(22)23)14(13(16(24)25)9(2)21(8)3)10-4-6-11(7-5-10)26-17(18,19)20/h4-7,14H,1-3H3,(H,22,23)(H,24,25). The zero-order chi connectivity index (χ0) is 19.8. The van der Waals surface area contributed by atoms with E-state index in [-0.39, 0.29) is 16.7 Å². The van der Waals surface area contributed by atoms with Crippen LogP contribution in [0.1, 0.15) is 25.3 Å². The van der Waals surface area contributed by atoms with Crippen LogP contribution in [0.4, 0.5) is 13.2 Å². The minimum atomic E-state index is -4.86.